The van der Waals surface area contributed by atoms with Crippen LogP contribution in [-0.2, 0) is 4.74 Å². The molecule has 0 unspecified atom stereocenters. The Morgan fingerprint density at radius 1 is 0.933 bits per heavy atom. The highest BCUT2D eigenvalue weighted by atomic mass is 16.5. The van der Waals surface area contributed by atoms with Gasteiger partial charge in [-0.05, 0) is 24.3 Å². The van der Waals surface area contributed by atoms with Gasteiger partial charge < -0.3 is 19.9 Å². The van der Waals surface area contributed by atoms with Crippen LogP contribution in [0.1, 0.15) is 0 Å². The lowest BCUT2D eigenvalue weighted by atomic mass is 10.3. The summed E-state index contributed by atoms with van der Waals surface area (Å²) in [6.45, 7) is 2.20. The number of hydrogen-bond acceptors (Lipinski definition) is 4. The first kappa shape index (κ1) is 11.8. The Labute approximate surface area is 89.9 Å². The molecule has 0 spiro atoms. The van der Waals surface area contributed by atoms with Gasteiger partial charge in [-0.15, -0.1) is 0 Å². The summed E-state index contributed by atoms with van der Waals surface area (Å²) in [5.74, 6) is 1.62. The van der Waals surface area contributed by atoms with Crippen LogP contribution in [0.3, 0.4) is 0 Å². The molecule has 0 aliphatic rings. The minimum absolute atomic E-state index is 0.520. The zero-order valence-electron chi connectivity index (χ0n) is 8.94. The van der Waals surface area contributed by atoms with Crippen LogP contribution < -0.4 is 15.2 Å². The molecule has 0 saturated carbocycles. The topological polar surface area (TPSA) is 53.7 Å². The monoisotopic (exact) mass is 211 g/mol. The molecule has 1 aromatic rings. The van der Waals surface area contributed by atoms with E-state index in [1.54, 1.807) is 7.11 Å². The molecule has 2 N–H and O–H groups in total. The van der Waals surface area contributed by atoms with Gasteiger partial charge in [-0.1, -0.05) is 0 Å². The molecular weight excluding hydrogens is 194 g/mol. The van der Waals surface area contributed by atoms with Crippen LogP contribution in [0.4, 0.5) is 0 Å². The molecular formula is C11H17NO3. The number of methoxy groups -OCH3 is 1. The van der Waals surface area contributed by atoms with Gasteiger partial charge in [-0.2, -0.15) is 0 Å². The Kier molecular flexibility index (Phi) is 5.58. The Balaban J connectivity index is 2.35. The van der Waals surface area contributed by atoms with Crippen molar-refractivity contribution in [2.24, 2.45) is 5.73 Å². The van der Waals surface area contributed by atoms with Crippen molar-refractivity contribution < 1.29 is 14.2 Å². The predicted octanol–water partition coefficient (Wildman–Crippen LogP) is 1.05. The third-order valence-corrected chi connectivity index (χ3v) is 1.77. The van der Waals surface area contributed by atoms with Crippen molar-refractivity contribution in [2.45, 2.75) is 0 Å². The van der Waals surface area contributed by atoms with Crippen LogP contribution in [0, 0.1) is 0 Å². The van der Waals surface area contributed by atoms with Crippen molar-refractivity contribution in [1.29, 1.82) is 0 Å². The SMILES string of the molecule is COCCOc1ccc(OCCN)cc1. The van der Waals surface area contributed by atoms with E-state index in [0.717, 1.165) is 11.5 Å². The first-order valence-corrected chi connectivity index (χ1v) is 4.91. The normalized spacial score (nSPS) is 10.0. The van der Waals surface area contributed by atoms with Gasteiger partial charge in [0.05, 0.1) is 6.61 Å². The van der Waals surface area contributed by atoms with Crippen LogP contribution in [0.2, 0.25) is 0 Å². The van der Waals surface area contributed by atoms with E-state index >= 15 is 0 Å². The number of benzene rings is 1. The predicted molar refractivity (Wildman–Crippen MR) is 58.4 cm³/mol. The third kappa shape index (κ3) is 4.67. The average molecular weight is 211 g/mol. The summed E-state index contributed by atoms with van der Waals surface area (Å²) in [7, 11) is 1.65. The van der Waals surface area contributed by atoms with E-state index in [-0.39, 0.29) is 0 Å². The molecule has 1 aromatic carbocycles. The van der Waals surface area contributed by atoms with Crippen LogP contribution in [-0.4, -0.2) is 33.5 Å². The lowest BCUT2D eigenvalue weighted by molar-refractivity contribution is 0.146. The second kappa shape index (κ2) is 7.09. The minimum Gasteiger partial charge on any atom is -0.492 e. The van der Waals surface area contributed by atoms with Gasteiger partial charge >= 0.3 is 0 Å². The molecule has 0 fully saturated rings. The summed E-state index contributed by atoms with van der Waals surface area (Å²) in [6.07, 6.45) is 0. The largest absolute Gasteiger partial charge is 0.492 e. The summed E-state index contributed by atoms with van der Waals surface area (Å²) in [4.78, 5) is 0. The molecule has 84 valence electrons. The average Bonchev–Trinajstić information content (AvgIpc) is 2.28. The highest BCUT2D eigenvalue weighted by Gasteiger charge is 1.95. The molecule has 15 heavy (non-hydrogen) atoms. The van der Waals surface area contributed by atoms with E-state index in [4.69, 9.17) is 19.9 Å². The zero-order chi connectivity index (χ0) is 10.9. The molecule has 0 amide bonds. The molecule has 0 bridgehead atoms. The van der Waals surface area contributed by atoms with E-state index in [0.29, 0.717) is 26.4 Å². The summed E-state index contributed by atoms with van der Waals surface area (Å²) < 4.78 is 15.6. The summed E-state index contributed by atoms with van der Waals surface area (Å²) in [5, 5.41) is 0. The van der Waals surface area contributed by atoms with Crippen molar-refractivity contribution in [2.75, 3.05) is 33.5 Å². The summed E-state index contributed by atoms with van der Waals surface area (Å²) >= 11 is 0. The maximum absolute atomic E-state index is 5.40. The van der Waals surface area contributed by atoms with Gasteiger partial charge in [0, 0.05) is 13.7 Å². The van der Waals surface area contributed by atoms with Gasteiger partial charge in [0.1, 0.15) is 24.7 Å². The molecule has 0 saturated heterocycles. The van der Waals surface area contributed by atoms with Crippen LogP contribution >= 0.6 is 0 Å². The highest BCUT2D eigenvalue weighted by Crippen LogP contribution is 2.17. The number of nitrogens with two attached hydrogens (primary N) is 1. The lowest BCUT2D eigenvalue weighted by Crippen LogP contribution is -2.10. The molecule has 4 nitrogen and oxygen atoms in total. The van der Waals surface area contributed by atoms with Crippen LogP contribution in [0.15, 0.2) is 24.3 Å². The standard InChI is InChI=1S/C11H17NO3/c1-13-8-9-15-11-4-2-10(3-5-11)14-7-6-12/h2-5H,6-9,12H2,1H3. The summed E-state index contributed by atoms with van der Waals surface area (Å²) in [5.41, 5.74) is 5.32. The van der Waals surface area contributed by atoms with Gasteiger partial charge in [0.2, 0.25) is 0 Å². The molecule has 0 aliphatic heterocycles. The molecule has 0 atom stereocenters. The fourth-order valence-corrected chi connectivity index (χ4v) is 1.05. The number of hydrogen-bond donors (Lipinski definition) is 1. The van der Waals surface area contributed by atoms with Gasteiger partial charge in [0.15, 0.2) is 0 Å². The van der Waals surface area contributed by atoms with Crippen LogP contribution in [0.25, 0.3) is 0 Å². The first-order valence-electron chi connectivity index (χ1n) is 4.91. The maximum atomic E-state index is 5.40. The lowest BCUT2D eigenvalue weighted by Gasteiger charge is -2.07. The maximum Gasteiger partial charge on any atom is 0.119 e. The quantitative estimate of drug-likeness (QED) is 0.685. The Hall–Kier alpha value is -1.26. The Morgan fingerprint density at radius 2 is 1.47 bits per heavy atom. The number of ether oxygens (including phenoxy) is 3. The van der Waals surface area contributed by atoms with Crippen LogP contribution in [0.5, 0.6) is 11.5 Å². The van der Waals surface area contributed by atoms with E-state index in [9.17, 15) is 0 Å². The number of rotatable bonds is 7. The van der Waals surface area contributed by atoms with E-state index in [1.165, 1.54) is 0 Å². The zero-order valence-corrected chi connectivity index (χ0v) is 8.94. The van der Waals surface area contributed by atoms with Gasteiger partial charge in [-0.25, -0.2) is 0 Å². The Morgan fingerprint density at radius 3 is 1.93 bits per heavy atom. The molecule has 1 rings (SSSR count). The molecule has 0 aliphatic carbocycles. The van der Waals surface area contributed by atoms with E-state index < -0.39 is 0 Å². The second-order valence-corrected chi connectivity index (χ2v) is 2.95. The smallest absolute Gasteiger partial charge is 0.119 e. The summed E-state index contributed by atoms with van der Waals surface area (Å²) in [6, 6.07) is 7.44. The van der Waals surface area contributed by atoms with Crippen molar-refractivity contribution in [1.82, 2.24) is 0 Å². The Bertz CT molecular complexity index is 261. The van der Waals surface area contributed by atoms with Gasteiger partial charge in [-0.3, -0.25) is 0 Å². The van der Waals surface area contributed by atoms with Gasteiger partial charge in [0.25, 0.3) is 0 Å². The first-order chi connectivity index (χ1) is 7.36. The van der Waals surface area contributed by atoms with E-state index in [1.807, 2.05) is 24.3 Å². The minimum atomic E-state index is 0.520. The van der Waals surface area contributed by atoms with Crippen molar-refractivity contribution in [3.05, 3.63) is 24.3 Å². The van der Waals surface area contributed by atoms with Crippen molar-refractivity contribution in [3.63, 3.8) is 0 Å². The second-order valence-electron chi connectivity index (χ2n) is 2.95. The molecule has 0 radical (unpaired) electrons. The molecule has 0 aromatic heterocycles. The van der Waals surface area contributed by atoms with E-state index in [2.05, 4.69) is 0 Å². The molecule has 4 heteroatoms. The third-order valence-electron chi connectivity index (χ3n) is 1.77. The van der Waals surface area contributed by atoms with Crippen molar-refractivity contribution >= 4 is 0 Å². The highest BCUT2D eigenvalue weighted by molar-refractivity contribution is 5.31. The van der Waals surface area contributed by atoms with Crippen molar-refractivity contribution in [3.8, 4) is 11.5 Å². The molecule has 0 heterocycles. The fourth-order valence-electron chi connectivity index (χ4n) is 1.05. The fraction of sp³-hybridized carbons (Fsp3) is 0.455.